The van der Waals surface area contributed by atoms with E-state index in [2.05, 4.69) is 231 Å². The molecule has 78 heavy (non-hydrogen) atoms. The Kier molecular flexibility index (Phi) is 11.0. The number of hydrogen-bond acceptors (Lipinski definition) is 4. The van der Waals surface area contributed by atoms with Crippen LogP contribution in [0.25, 0.3) is 21.2 Å². The molecule has 5 heteroatoms. The topological polar surface area (TPSA) is 9.72 Å². The van der Waals surface area contributed by atoms with E-state index in [1.165, 1.54) is 88.9 Å². The molecule has 0 amide bonds. The zero-order valence-electron chi connectivity index (χ0n) is 50.9. The molecule has 0 spiro atoms. The number of nitrogens with zero attached hydrogens (tertiary/aromatic N) is 3. The minimum absolute atomic E-state index is 0.0442. The van der Waals surface area contributed by atoms with Crippen molar-refractivity contribution < 1.29 is 4.11 Å². The Hall–Kier alpha value is -6.82. The van der Waals surface area contributed by atoms with Gasteiger partial charge in [-0.2, -0.15) is 0 Å². The quantitative estimate of drug-likeness (QED) is 0.154. The molecule has 0 fully saturated rings. The maximum absolute atomic E-state index is 9.06. The predicted molar refractivity (Wildman–Crippen MR) is 339 cm³/mol. The summed E-state index contributed by atoms with van der Waals surface area (Å²) in [5.74, 6) is 0.936. The standard InChI is InChI=1S/C73H76BN3S/c1-45-28-29-46(2)55-42-66-57(41-54(45)55)68-69(78-66)74-60-43-58-59(73(12,13)37-36-72(58,10)11)44-63(60)77(62-35-32-50(71(7,8)9)38-56(62)48-23-16-14-17-24-48)65-40-53(75(51-25-18-15-19-26-51)61-27-21-20-22-47(61)3)39-64(67(65)74)76(68)52-33-30-49(31-34-52)70(4,5)6/h14-27,30-35,38-46H,28-29,36-37H2,1-13H3/i3D3. The van der Waals surface area contributed by atoms with E-state index in [0.717, 1.165) is 52.5 Å². The molecule has 0 saturated carbocycles. The molecule has 2 aliphatic carbocycles. The van der Waals surface area contributed by atoms with Gasteiger partial charge in [0.15, 0.2) is 0 Å². The Morgan fingerprint density at radius 2 is 1.17 bits per heavy atom. The van der Waals surface area contributed by atoms with Crippen molar-refractivity contribution in [1.29, 1.82) is 0 Å². The van der Waals surface area contributed by atoms with Gasteiger partial charge in [-0.3, -0.25) is 0 Å². The van der Waals surface area contributed by atoms with Crippen molar-refractivity contribution >= 4 is 95.0 Å². The molecular formula is C73H76BN3S. The second kappa shape index (κ2) is 18.1. The fraction of sp³-hybridized carbons (Fsp3) is 0.315. The number of benzene rings is 8. The van der Waals surface area contributed by atoms with Crippen molar-refractivity contribution in [3.05, 3.63) is 203 Å². The lowest BCUT2D eigenvalue weighted by Crippen LogP contribution is -2.61. The van der Waals surface area contributed by atoms with Gasteiger partial charge < -0.3 is 14.7 Å². The van der Waals surface area contributed by atoms with Gasteiger partial charge in [-0.25, -0.2) is 0 Å². The Bertz CT molecular complexity index is 3950. The van der Waals surface area contributed by atoms with Gasteiger partial charge in [0.2, 0.25) is 0 Å². The van der Waals surface area contributed by atoms with Crippen LogP contribution in [0.15, 0.2) is 164 Å². The molecule has 3 heterocycles. The van der Waals surface area contributed by atoms with Gasteiger partial charge in [-0.15, -0.1) is 11.3 Å². The molecule has 13 rings (SSSR count). The van der Waals surface area contributed by atoms with E-state index in [-0.39, 0.29) is 28.4 Å². The zero-order valence-corrected chi connectivity index (χ0v) is 48.7. The molecule has 4 aliphatic rings. The van der Waals surface area contributed by atoms with E-state index in [0.29, 0.717) is 23.1 Å². The molecule has 8 aromatic carbocycles. The smallest absolute Gasteiger partial charge is 0.264 e. The van der Waals surface area contributed by atoms with E-state index in [1.54, 1.807) is 6.07 Å². The van der Waals surface area contributed by atoms with Crippen LogP contribution in [0.4, 0.5) is 51.2 Å². The summed E-state index contributed by atoms with van der Waals surface area (Å²) in [6.07, 6.45) is 4.58. The summed E-state index contributed by atoms with van der Waals surface area (Å²) in [5, 5.41) is 1.30. The summed E-state index contributed by atoms with van der Waals surface area (Å²) in [4.78, 5) is 7.44. The Balaban J connectivity index is 1.23. The van der Waals surface area contributed by atoms with Crippen LogP contribution in [0.2, 0.25) is 0 Å². The molecule has 9 aromatic rings. The van der Waals surface area contributed by atoms with Gasteiger partial charge >= 0.3 is 0 Å². The second-order valence-electron chi connectivity index (χ2n) is 26.7. The monoisotopic (exact) mass is 1040 g/mol. The summed E-state index contributed by atoms with van der Waals surface area (Å²) in [6.45, 7) is 26.0. The lowest BCUT2D eigenvalue weighted by Gasteiger charge is -2.47. The van der Waals surface area contributed by atoms with Crippen molar-refractivity contribution in [3.63, 3.8) is 0 Å². The lowest BCUT2D eigenvalue weighted by molar-refractivity contribution is 0.332. The highest BCUT2D eigenvalue weighted by atomic mass is 32.1. The Labute approximate surface area is 474 Å². The van der Waals surface area contributed by atoms with Crippen LogP contribution in [-0.4, -0.2) is 6.71 Å². The van der Waals surface area contributed by atoms with Gasteiger partial charge in [0.1, 0.15) is 0 Å². The average Bonchev–Trinajstić information content (AvgIpc) is 3.90. The number of hydrogen-bond donors (Lipinski definition) is 0. The molecule has 2 atom stereocenters. The number of para-hydroxylation sites is 2. The van der Waals surface area contributed by atoms with Crippen LogP contribution >= 0.6 is 11.3 Å². The van der Waals surface area contributed by atoms with Crippen LogP contribution in [0, 0.1) is 6.85 Å². The van der Waals surface area contributed by atoms with E-state index in [1.807, 2.05) is 35.6 Å². The molecule has 1 aromatic heterocycles. The fourth-order valence-electron chi connectivity index (χ4n) is 13.8. The number of fused-ring (bicyclic) bond motifs is 8. The maximum atomic E-state index is 9.06. The van der Waals surface area contributed by atoms with Gasteiger partial charge in [0, 0.05) is 58.7 Å². The molecule has 2 aliphatic heterocycles. The molecule has 0 bridgehead atoms. The van der Waals surface area contributed by atoms with Gasteiger partial charge in [-0.05, 0) is 194 Å². The minimum Gasteiger partial charge on any atom is -0.311 e. The van der Waals surface area contributed by atoms with Crippen molar-refractivity contribution in [1.82, 2.24) is 0 Å². The van der Waals surface area contributed by atoms with Crippen molar-refractivity contribution in [2.45, 2.75) is 149 Å². The molecule has 2 unspecified atom stereocenters. The summed E-state index contributed by atoms with van der Waals surface area (Å²) in [7, 11) is 0. The van der Waals surface area contributed by atoms with Crippen molar-refractivity contribution in [3.8, 4) is 11.1 Å². The second-order valence-corrected chi connectivity index (χ2v) is 27.8. The van der Waals surface area contributed by atoms with E-state index < -0.39 is 6.85 Å². The number of anilines is 9. The number of rotatable bonds is 6. The summed E-state index contributed by atoms with van der Waals surface area (Å²) < 4.78 is 29.9. The lowest BCUT2D eigenvalue weighted by atomic mass is 9.35. The zero-order chi connectivity index (χ0) is 56.9. The van der Waals surface area contributed by atoms with E-state index >= 15 is 0 Å². The molecule has 0 radical (unpaired) electrons. The van der Waals surface area contributed by atoms with Gasteiger partial charge in [0.25, 0.3) is 6.71 Å². The number of thiophene rings is 1. The normalized spacial score (nSPS) is 18.7. The van der Waals surface area contributed by atoms with E-state index in [4.69, 9.17) is 4.11 Å². The summed E-state index contributed by atoms with van der Waals surface area (Å²) >= 11 is 2.00. The average molecular weight is 1040 g/mol. The first-order valence-corrected chi connectivity index (χ1v) is 29.5. The highest BCUT2D eigenvalue weighted by molar-refractivity contribution is 7.33. The van der Waals surface area contributed by atoms with Crippen molar-refractivity contribution in [2.75, 3.05) is 14.7 Å². The van der Waals surface area contributed by atoms with Gasteiger partial charge in [-0.1, -0.05) is 174 Å². The molecule has 3 nitrogen and oxygen atoms in total. The van der Waals surface area contributed by atoms with Crippen LogP contribution in [0.5, 0.6) is 0 Å². The highest BCUT2D eigenvalue weighted by Crippen LogP contribution is 2.55. The minimum atomic E-state index is -2.39. The van der Waals surface area contributed by atoms with Crippen LogP contribution < -0.4 is 30.4 Å². The highest BCUT2D eigenvalue weighted by Gasteiger charge is 2.49. The summed E-state index contributed by atoms with van der Waals surface area (Å²) in [6, 6.07) is 60.8. The summed E-state index contributed by atoms with van der Waals surface area (Å²) in [5.41, 5.74) is 22.5. The first-order valence-electron chi connectivity index (χ1n) is 30.2. The molecule has 0 saturated heterocycles. The van der Waals surface area contributed by atoms with Crippen LogP contribution in [0.3, 0.4) is 0 Å². The van der Waals surface area contributed by atoms with E-state index in [9.17, 15) is 0 Å². The Morgan fingerprint density at radius 3 is 1.82 bits per heavy atom. The predicted octanol–water partition coefficient (Wildman–Crippen LogP) is 19.4. The first kappa shape index (κ1) is 47.2. The Morgan fingerprint density at radius 1 is 0.577 bits per heavy atom. The molecule has 0 N–H and O–H groups in total. The van der Waals surface area contributed by atoms with Crippen LogP contribution in [0.1, 0.15) is 164 Å². The third-order valence-electron chi connectivity index (χ3n) is 18.5. The largest absolute Gasteiger partial charge is 0.311 e. The number of aryl methyl sites for hydroxylation is 1. The van der Waals surface area contributed by atoms with Crippen LogP contribution in [-0.2, 0) is 21.7 Å². The SMILES string of the molecule is [2H]C([2H])([2H])c1ccccc1N(c1ccccc1)c1cc2c3c(c1)N(c1ccc(C(C)(C)C)cc1)c1c(sc4cc5c(cc14)C(C)CCC5C)B3c1cc3c(cc1N2c1ccc(C(C)(C)C)cc1-c1ccccc1)C(C)(C)CCC3(C)C. The fourth-order valence-corrected chi connectivity index (χ4v) is 15.1. The molecule has 392 valence electrons. The maximum Gasteiger partial charge on any atom is 0.264 e. The third kappa shape index (κ3) is 8.11. The first-order chi connectivity index (χ1) is 38.4. The molecular weight excluding hydrogens is 962 g/mol. The third-order valence-corrected chi connectivity index (χ3v) is 19.7. The van der Waals surface area contributed by atoms with Gasteiger partial charge in [0.05, 0.1) is 17.1 Å². The van der Waals surface area contributed by atoms with Crippen molar-refractivity contribution in [2.24, 2.45) is 0 Å².